The van der Waals surface area contributed by atoms with E-state index in [4.69, 9.17) is 4.74 Å². The highest BCUT2D eigenvalue weighted by molar-refractivity contribution is 5.81. The summed E-state index contributed by atoms with van der Waals surface area (Å²) in [7, 11) is 1.78. The fourth-order valence-corrected chi connectivity index (χ4v) is 2.41. The van der Waals surface area contributed by atoms with Gasteiger partial charge in [-0.05, 0) is 12.8 Å². The van der Waals surface area contributed by atoms with Crippen molar-refractivity contribution in [2.75, 3.05) is 20.2 Å². The number of hydrogen-bond acceptors (Lipinski definition) is 3. The van der Waals surface area contributed by atoms with Crippen molar-refractivity contribution >= 4 is 5.78 Å². The summed E-state index contributed by atoms with van der Waals surface area (Å²) in [4.78, 5) is 13.8. The molecule has 0 aromatic rings. The van der Waals surface area contributed by atoms with E-state index in [1.165, 1.54) is 0 Å². The number of nitrogens with zero attached hydrogens (tertiary/aromatic N) is 1. The highest BCUT2D eigenvalue weighted by atomic mass is 16.5. The Balaban J connectivity index is 1.80. The molecule has 1 saturated carbocycles. The van der Waals surface area contributed by atoms with E-state index in [-0.39, 0.29) is 5.92 Å². The van der Waals surface area contributed by atoms with Crippen molar-refractivity contribution in [3.05, 3.63) is 0 Å². The van der Waals surface area contributed by atoms with Crippen LogP contribution in [0.3, 0.4) is 0 Å². The molecule has 0 N–H and O–H groups in total. The molecule has 1 saturated heterocycles. The second-order valence-electron chi connectivity index (χ2n) is 4.60. The number of piperidine rings is 1. The molecular formula is C11H19NO2. The van der Waals surface area contributed by atoms with E-state index in [2.05, 4.69) is 4.90 Å². The van der Waals surface area contributed by atoms with Gasteiger partial charge in [0.2, 0.25) is 0 Å². The van der Waals surface area contributed by atoms with Gasteiger partial charge in [0.25, 0.3) is 0 Å². The first-order valence-corrected chi connectivity index (χ1v) is 5.50. The number of carbonyl (C=O) groups is 1. The average molecular weight is 197 g/mol. The zero-order valence-corrected chi connectivity index (χ0v) is 9.03. The van der Waals surface area contributed by atoms with Crippen LogP contribution in [-0.2, 0) is 9.53 Å². The second-order valence-corrected chi connectivity index (χ2v) is 4.60. The minimum atomic E-state index is 0.241. The second kappa shape index (κ2) is 3.99. The van der Waals surface area contributed by atoms with Crippen LogP contribution >= 0.6 is 0 Å². The molecule has 1 heterocycles. The number of rotatable bonds is 2. The molecule has 3 heteroatoms. The Morgan fingerprint density at radius 1 is 1.43 bits per heavy atom. The molecule has 0 amide bonds. The number of ether oxygens (including phenoxy) is 1. The maximum absolute atomic E-state index is 11.3. The van der Waals surface area contributed by atoms with Gasteiger partial charge in [0.1, 0.15) is 5.78 Å². The van der Waals surface area contributed by atoms with Crippen LogP contribution in [0.5, 0.6) is 0 Å². The van der Waals surface area contributed by atoms with E-state index in [0.29, 0.717) is 17.9 Å². The van der Waals surface area contributed by atoms with Crippen molar-refractivity contribution in [2.24, 2.45) is 5.92 Å². The third-order valence-corrected chi connectivity index (χ3v) is 3.62. The van der Waals surface area contributed by atoms with Crippen molar-refractivity contribution in [1.82, 2.24) is 4.90 Å². The third kappa shape index (κ3) is 1.84. The number of Topliss-reactive ketones (excluding diaryl/α,β-unsaturated/α-hetero) is 1. The molecule has 0 spiro atoms. The van der Waals surface area contributed by atoms with Gasteiger partial charge in [-0.2, -0.15) is 0 Å². The summed E-state index contributed by atoms with van der Waals surface area (Å²) < 4.78 is 5.26. The molecule has 3 nitrogen and oxygen atoms in total. The Morgan fingerprint density at radius 2 is 2.14 bits per heavy atom. The maximum Gasteiger partial charge on any atom is 0.138 e. The van der Waals surface area contributed by atoms with Crippen LogP contribution in [0.25, 0.3) is 0 Å². The Morgan fingerprint density at radius 3 is 2.71 bits per heavy atom. The van der Waals surface area contributed by atoms with Crippen LogP contribution in [0.4, 0.5) is 0 Å². The number of likely N-dealkylation sites (tertiary alicyclic amines) is 1. The Kier molecular flexibility index (Phi) is 2.88. The topological polar surface area (TPSA) is 29.5 Å². The molecule has 80 valence electrons. The Hall–Kier alpha value is -0.410. The van der Waals surface area contributed by atoms with Gasteiger partial charge in [-0.3, -0.25) is 9.69 Å². The summed E-state index contributed by atoms with van der Waals surface area (Å²) in [5.41, 5.74) is 0. The zero-order valence-electron chi connectivity index (χ0n) is 9.03. The van der Waals surface area contributed by atoms with Crippen molar-refractivity contribution in [3.8, 4) is 0 Å². The highest BCUT2D eigenvalue weighted by Crippen LogP contribution is 2.30. The van der Waals surface area contributed by atoms with Crippen LogP contribution in [0, 0.1) is 5.92 Å². The third-order valence-electron chi connectivity index (χ3n) is 3.62. The standard InChI is InChI=1S/C11H19NO2/c1-8-7-12(4-3-11(8)13)9-5-10(6-9)14-2/h8-10H,3-7H2,1-2H3. The fourth-order valence-electron chi connectivity index (χ4n) is 2.41. The van der Waals surface area contributed by atoms with Crippen LogP contribution < -0.4 is 0 Å². The zero-order chi connectivity index (χ0) is 10.1. The van der Waals surface area contributed by atoms with Crippen LogP contribution in [-0.4, -0.2) is 43.0 Å². The molecule has 0 aromatic heterocycles. The summed E-state index contributed by atoms with van der Waals surface area (Å²) >= 11 is 0. The van der Waals surface area contributed by atoms with Gasteiger partial charge in [-0.25, -0.2) is 0 Å². The Bertz CT molecular complexity index is 223. The smallest absolute Gasteiger partial charge is 0.138 e. The minimum absolute atomic E-state index is 0.241. The fraction of sp³-hybridized carbons (Fsp3) is 0.909. The lowest BCUT2D eigenvalue weighted by atomic mass is 9.85. The lowest BCUT2D eigenvalue weighted by Crippen LogP contribution is -2.52. The summed E-state index contributed by atoms with van der Waals surface area (Å²) in [6, 6.07) is 0.676. The summed E-state index contributed by atoms with van der Waals surface area (Å²) in [5.74, 6) is 0.675. The first-order valence-electron chi connectivity index (χ1n) is 5.50. The Labute approximate surface area is 85.4 Å². The average Bonchev–Trinajstić information content (AvgIpc) is 2.09. The van der Waals surface area contributed by atoms with Crippen LogP contribution in [0.15, 0.2) is 0 Å². The first kappa shape index (κ1) is 10.1. The normalized spacial score (nSPS) is 39.6. The van der Waals surface area contributed by atoms with Gasteiger partial charge in [0.05, 0.1) is 6.10 Å². The molecule has 14 heavy (non-hydrogen) atoms. The molecule has 1 atom stereocenters. The molecule has 0 radical (unpaired) electrons. The van der Waals surface area contributed by atoms with Gasteiger partial charge < -0.3 is 4.74 Å². The first-order chi connectivity index (χ1) is 6.70. The van der Waals surface area contributed by atoms with Gasteiger partial charge in [0.15, 0.2) is 0 Å². The van der Waals surface area contributed by atoms with E-state index >= 15 is 0 Å². The number of methoxy groups -OCH3 is 1. The number of hydrogen-bond donors (Lipinski definition) is 0. The predicted molar refractivity (Wildman–Crippen MR) is 54.2 cm³/mol. The molecule has 1 unspecified atom stereocenters. The molecule has 2 fully saturated rings. The lowest BCUT2D eigenvalue weighted by Gasteiger charge is -2.44. The largest absolute Gasteiger partial charge is 0.381 e. The molecule has 2 rings (SSSR count). The van der Waals surface area contributed by atoms with Crippen LogP contribution in [0.1, 0.15) is 26.2 Å². The molecule has 0 bridgehead atoms. The van der Waals surface area contributed by atoms with Gasteiger partial charge in [-0.1, -0.05) is 6.92 Å². The van der Waals surface area contributed by atoms with E-state index in [1.807, 2.05) is 6.92 Å². The minimum Gasteiger partial charge on any atom is -0.381 e. The molecule has 0 aromatic carbocycles. The molecule has 2 aliphatic rings. The summed E-state index contributed by atoms with van der Waals surface area (Å²) in [6.07, 6.45) is 3.51. The molecule has 1 aliphatic carbocycles. The van der Waals surface area contributed by atoms with Crippen molar-refractivity contribution in [2.45, 2.75) is 38.3 Å². The van der Waals surface area contributed by atoms with E-state index in [1.54, 1.807) is 7.11 Å². The highest BCUT2D eigenvalue weighted by Gasteiger charge is 2.36. The van der Waals surface area contributed by atoms with E-state index in [9.17, 15) is 4.79 Å². The molecular weight excluding hydrogens is 178 g/mol. The lowest BCUT2D eigenvalue weighted by molar-refractivity contribution is -0.128. The van der Waals surface area contributed by atoms with Gasteiger partial charge in [0, 0.05) is 38.6 Å². The quantitative estimate of drug-likeness (QED) is 0.663. The van der Waals surface area contributed by atoms with Gasteiger partial charge in [-0.15, -0.1) is 0 Å². The van der Waals surface area contributed by atoms with Crippen molar-refractivity contribution in [3.63, 3.8) is 0 Å². The van der Waals surface area contributed by atoms with E-state index < -0.39 is 0 Å². The summed E-state index contributed by atoms with van der Waals surface area (Å²) in [5, 5.41) is 0. The van der Waals surface area contributed by atoms with E-state index in [0.717, 1.165) is 32.4 Å². The van der Waals surface area contributed by atoms with Crippen molar-refractivity contribution < 1.29 is 9.53 Å². The maximum atomic E-state index is 11.3. The SMILES string of the molecule is COC1CC(N2CCC(=O)C(C)C2)C1. The van der Waals surface area contributed by atoms with Crippen LogP contribution in [0.2, 0.25) is 0 Å². The monoisotopic (exact) mass is 197 g/mol. The van der Waals surface area contributed by atoms with Crippen molar-refractivity contribution in [1.29, 1.82) is 0 Å². The molecule has 1 aliphatic heterocycles. The van der Waals surface area contributed by atoms with Gasteiger partial charge >= 0.3 is 0 Å². The number of carbonyl (C=O) groups excluding carboxylic acids is 1. The number of ketones is 1. The summed E-state index contributed by atoms with van der Waals surface area (Å²) in [6.45, 7) is 3.96. The predicted octanol–water partition coefficient (Wildman–Crippen LogP) is 1.07.